The molecule has 4 nitrogen and oxygen atoms in total. The lowest BCUT2D eigenvalue weighted by atomic mass is 9.84. The standard InChI is InChI=1S/C23H30FNO3S/c1-16-10-19(23(3,4)5)11-17(2)21(16)14-29(27,28)15-22(26)25(6)13-18-8-7-9-20(24)12-18/h7-12H,13-15H2,1-6H3. The normalized spacial score (nSPS) is 12.1. The molecule has 0 bridgehead atoms. The summed E-state index contributed by atoms with van der Waals surface area (Å²) in [6.07, 6.45) is 0. The number of halogens is 1. The zero-order valence-electron chi connectivity index (χ0n) is 18.0. The molecule has 0 aliphatic rings. The number of carbonyl (C=O) groups excluding carboxylic acids is 1. The van der Waals surface area contributed by atoms with Gasteiger partial charge in [-0.15, -0.1) is 0 Å². The van der Waals surface area contributed by atoms with Crippen LogP contribution in [0.25, 0.3) is 0 Å². The van der Waals surface area contributed by atoms with Crippen molar-refractivity contribution in [3.8, 4) is 0 Å². The van der Waals surface area contributed by atoms with Crippen molar-refractivity contribution in [2.24, 2.45) is 0 Å². The summed E-state index contributed by atoms with van der Waals surface area (Å²) in [4.78, 5) is 13.8. The van der Waals surface area contributed by atoms with Crippen molar-refractivity contribution in [1.29, 1.82) is 0 Å². The lowest BCUT2D eigenvalue weighted by Crippen LogP contribution is -2.32. The van der Waals surface area contributed by atoms with Crippen molar-refractivity contribution in [2.75, 3.05) is 12.8 Å². The van der Waals surface area contributed by atoms with E-state index < -0.39 is 21.5 Å². The summed E-state index contributed by atoms with van der Waals surface area (Å²) in [6.45, 7) is 10.3. The Kier molecular flexibility index (Phi) is 6.89. The van der Waals surface area contributed by atoms with E-state index in [1.807, 2.05) is 26.0 Å². The number of sulfone groups is 1. The van der Waals surface area contributed by atoms with Crippen LogP contribution in [0.3, 0.4) is 0 Å². The Morgan fingerprint density at radius 3 is 2.17 bits per heavy atom. The molecule has 0 spiro atoms. The predicted molar refractivity (Wildman–Crippen MR) is 115 cm³/mol. The summed E-state index contributed by atoms with van der Waals surface area (Å²) >= 11 is 0. The van der Waals surface area contributed by atoms with Gasteiger partial charge in [-0.05, 0) is 59.2 Å². The second kappa shape index (κ2) is 8.66. The maximum atomic E-state index is 13.3. The van der Waals surface area contributed by atoms with Crippen LogP contribution in [-0.2, 0) is 32.3 Å². The highest BCUT2D eigenvalue weighted by Crippen LogP contribution is 2.28. The zero-order chi connectivity index (χ0) is 22.0. The molecule has 6 heteroatoms. The molecule has 0 aromatic heterocycles. The Morgan fingerprint density at radius 2 is 1.66 bits per heavy atom. The van der Waals surface area contributed by atoms with Gasteiger partial charge in [0.2, 0.25) is 5.91 Å². The Labute approximate surface area is 173 Å². The van der Waals surface area contributed by atoms with Crippen LogP contribution >= 0.6 is 0 Å². The van der Waals surface area contributed by atoms with E-state index in [9.17, 15) is 17.6 Å². The minimum Gasteiger partial charge on any atom is -0.341 e. The van der Waals surface area contributed by atoms with Gasteiger partial charge >= 0.3 is 0 Å². The van der Waals surface area contributed by atoms with Gasteiger partial charge < -0.3 is 4.90 Å². The van der Waals surface area contributed by atoms with E-state index in [-0.39, 0.29) is 23.5 Å². The first-order chi connectivity index (χ1) is 13.3. The number of hydrogen-bond acceptors (Lipinski definition) is 3. The number of aryl methyl sites for hydroxylation is 2. The molecule has 0 saturated carbocycles. The van der Waals surface area contributed by atoms with Crippen LogP contribution in [0, 0.1) is 19.7 Å². The summed E-state index contributed by atoms with van der Waals surface area (Å²) in [5.41, 5.74) is 4.32. The Balaban J connectivity index is 2.12. The minimum atomic E-state index is -3.64. The first-order valence-corrected chi connectivity index (χ1v) is 11.4. The van der Waals surface area contributed by atoms with E-state index in [1.165, 1.54) is 24.1 Å². The summed E-state index contributed by atoms with van der Waals surface area (Å²) in [7, 11) is -2.11. The van der Waals surface area contributed by atoms with Gasteiger partial charge in [0.25, 0.3) is 0 Å². The second-order valence-corrected chi connectivity index (χ2v) is 10.8. The molecule has 0 radical (unpaired) electrons. The van der Waals surface area contributed by atoms with Crippen molar-refractivity contribution in [3.05, 3.63) is 70.0 Å². The summed E-state index contributed by atoms with van der Waals surface area (Å²) in [6, 6.07) is 9.97. The van der Waals surface area contributed by atoms with Gasteiger partial charge in [0.1, 0.15) is 11.6 Å². The molecule has 2 aromatic rings. The van der Waals surface area contributed by atoms with Gasteiger partial charge in [0.05, 0.1) is 5.75 Å². The van der Waals surface area contributed by atoms with Crippen molar-refractivity contribution in [3.63, 3.8) is 0 Å². The van der Waals surface area contributed by atoms with Gasteiger partial charge in [-0.1, -0.05) is 45.0 Å². The quantitative estimate of drug-likeness (QED) is 0.701. The van der Waals surface area contributed by atoms with Crippen LogP contribution in [0.4, 0.5) is 4.39 Å². The number of carbonyl (C=O) groups is 1. The average Bonchev–Trinajstić information content (AvgIpc) is 2.56. The molecular formula is C23H30FNO3S. The molecule has 158 valence electrons. The molecule has 1 amide bonds. The second-order valence-electron chi connectivity index (χ2n) is 8.75. The highest BCUT2D eigenvalue weighted by Gasteiger charge is 2.23. The molecule has 2 aromatic carbocycles. The molecule has 29 heavy (non-hydrogen) atoms. The highest BCUT2D eigenvalue weighted by molar-refractivity contribution is 7.91. The van der Waals surface area contributed by atoms with Crippen molar-refractivity contribution in [1.82, 2.24) is 4.90 Å². The maximum absolute atomic E-state index is 13.3. The fourth-order valence-corrected chi connectivity index (χ4v) is 4.81. The van der Waals surface area contributed by atoms with Gasteiger partial charge in [0, 0.05) is 13.6 Å². The fraction of sp³-hybridized carbons (Fsp3) is 0.435. The lowest BCUT2D eigenvalue weighted by molar-refractivity contribution is -0.127. The van der Waals surface area contributed by atoms with Crippen LogP contribution in [0.5, 0.6) is 0 Å². The zero-order valence-corrected chi connectivity index (χ0v) is 18.9. The van der Waals surface area contributed by atoms with Crippen molar-refractivity contribution < 1.29 is 17.6 Å². The van der Waals surface area contributed by atoms with Crippen LogP contribution in [0.2, 0.25) is 0 Å². The summed E-state index contributed by atoms with van der Waals surface area (Å²) in [5.74, 6) is -1.63. The third-order valence-electron chi connectivity index (χ3n) is 5.00. The van der Waals surface area contributed by atoms with E-state index in [4.69, 9.17) is 0 Å². The fourth-order valence-electron chi connectivity index (χ4n) is 3.22. The van der Waals surface area contributed by atoms with Crippen LogP contribution in [0.15, 0.2) is 36.4 Å². The molecule has 0 N–H and O–H groups in total. The number of benzene rings is 2. The van der Waals surface area contributed by atoms with E-state index in [1.54, 1.807) is 12.1 Å². The number of hydrogen-bond donors (Lipinski definition) is 0. The van der Waals surface area contributed by atoms with E-state index in [0.717, 1.165) is 22.3 Å². The van der Waals surface area contributed by atoms with Gasteiger partial charge in [0.15, 0.2) is 9.84 Å². The van der Waals surface area contributed by atoms with Gasteiger partial charge in [-0.2, -0.15) is 0 Å². The smallest absolute Gasteiger partial charge is 0.237 e. The maximum Gasteiger partial charge on any atom is 0.237 e. The average molecular weight is 420 g/mol. The SMILES string of the molecule is Cc1cc(C(C)(C)C)cc(C)c1CS(=O)(=O)CC(=O)N(C)Cc1cccc(F)c1. The molecular weight excluding hydrogens is 389 g/mol. The number of nitrogens with zero attached hydrogens (tertiary/aromatic N) is 1. The summed E-state index contributed by atoms with van der Waals surface area (Å²) in [5, 5.41) is 0. The molecule has 0 fully saturated rings. The molecule has 0 aliphatic carbocycles. The molecule has 0 heterocycles. The first-order valence-electron chi connectivity index (χ1n) is 9.58. The lowest BCUT2D eigenvalue weighted by Gasteiger charge is -2.22. The Bertz CT molecular complexity index is 984. The van der Waals surface area contributed by atoms with Crippen LogP contribution in [-0.4, -0.2) is 32.0 Å². The monoisotopic (exact) mass is 419 g/mol. The Hall–Kier alpha value is -2.21. The largest absolute Gasteiger partial charge is 0.341 e. The summed E-state index contributed by atoms with van der Waals surface area (Å²) < 4.78 is 38.7. The van der Waals surface area contributed by atoms with Crippen molar-refractivity contribution in [2.45, 2.75) is 52.3 Å². The minimum absolute atomic E-state index is 0.0253. The predicted octanol–water partition coefficient (Wildman–Crippen LogP) is 4.31. The van der Waals surface area contributed by atoms with E-state index in [0.29, 0.717) is 5.56 Å². The highest BCUT2D eigenvalue weighted by atomic mass is 32.2. The van der Waals surface area contributed by atoms with E-state index >= 15 is 0 Å². The van der Waals surface area contributed by atoms with Gasteiger partial charge in [-0.25, -0.2) is 12.8 Å². The molecule has 0 unspecified atom stereocenters. The first kappa shape index (κ1) is 23.1. The molecule has 2 rings (SSSR count). The Morgan fingerprint density at radius 1 is 1.07 bits per heavy atom. The van der Waals surface area contributed by atoms with Crippen LogP contribution < -0.4 is 0 Å². The molecule has 0 atom stereocenters. The molecule has 0 saturated heterocycles. The number of rotatable bonds is 6. The number of amides is 1. The van der Waals surface area contributed by atoms with Crippen molar-refractivity contribution >= 4 is 15.7 Å². The third kappa shape index (κ3) is 6.39. The third-order valence-corrected chi connectivity index (χ3v) is 6.42. The topological polar surface area (TPSA) is 54.5 Å². The molecule has 0 aliphatic heterocycles. The van der Waals surface area contributed by atoms with E-state index in [2.05, 4.69) is 20.8 Å². The van der Waals surface area contributed by atoms with Gasteiger partial charge in [-0.3, -0.25) is 4.79 Å². The van der Waals surface area contributed by atoms with Crippen LogP contribution in [0.1, 0.15) is 48.6 Å².